The van der Waals surface area contributed by atoms with Crippen molar-refractivity contribution in [2.24, 2.45) is 5.41 Å². The van der Waals surface area contributed by atoms with Crippen molar-refractivity contribution in [2.75, 3.05) is 44.1 Å². The number of nitrogens with one attached hydrogen (secondary N) is 2. The van der Waals surface area contributed by atoms with Crippen LogP contribution in [0.5, 0.6) is 5.75 Å². The molecule has 3 N–H and O–H groups in total. The Morgan fingerprint density at radius 1 is 1.12 bits per heavy atom. The molecule has 0 atom stereocenters. The first-order chi connectivity index (χ1) is 23.4. The summed E-state index contributed by atoms with van der Waals surface area (Å²) in [6.45, 7) is 1.39. The van der Waals surface area contributed by atoms with Gasteiger partial charge in [-0.05, 0) is 56.4 Å². The number of ether oxygens (including phenoxy) is 2. The molecule has 4 aromatic heterocycles. The van der Waals surface area contributed by atoms with Crippen molar-refractivity contribution in [1.82, 2.24) is 24.9 Å². The van der Waals surface area contributed by atoms with Crippen molar-refractivity contribution in [3.8, 4) is 17.0 Å². The average Bonchev–Trinajstić information content (AvgIpc) is 3.68. The molecule has 0 radical (unpaired) electrons. The van der Waals surface area contributed by atoms with E-state index in [0.717, 1.165) is 31.7 Å². The number of carbonyl (C=O) groups excluding carboxylic acids is 1. The van der Waals surface area contributed by atoms with Gasteiger partial charge < -0.3 is 24.5 Å². The number of anilines is 2. The highest BCUT2D eigenvalue weighted by Crippen LogP contribution is 2.46. The maximum atomic E-state index is 14.1. The summed E-state index contributed by atoms with van der Waals surface area (Å²) < 4.78 is 53.5. The molecule has 12 nitrogen and oxygen atoms in total. The first-order valence-corrected chi connectivity index (χ1v) is 16.2. The highest BCUT2D eigenvalue weighted by molar-refractivity contribution is 6.03. The Hall–Kier alpha value is -4.79. The van der Waals surface area contributed by atoms with Gasteiger partial charge in [0.15, 0.2) is 5.65 Å². The monoisotopic (exact) mass is 681 g/mol. The van der Waals surface area contributed by atoms with Crippen LogP contribution in [0, 0.1) is 5.41 Å². The van der Waals surface area contributed by atoms with E-state index in [1.807, 2.05) is 11.9 Å². The summed E-state index contributed by atoms with van der Waals surface area (Å²) in [7, 11) is 3.60. The van der Waals surface area contributed by atoms with Gasteiger partial charge in [-0.1, -0.05) is 12.8 Å². The zero-order valence-electron chi connectivity index (χ0n) is 27.3. The molecular formula is C34H38F3N7O5. The van der Waals surface area contributed by atoms with Crippen LogP contribution in [-0.4, -0.2) is 75.8 Å². The molecule has 0 aromatic carbocycles. The molecule has 0 bridgehead atoms. The number of rotatable bonds is 14. The summed E-state index contributed by atoms with van der Waals surface area (Å²) in [4.78, 5) is 46.5. The lowest BCUT2D eigenvalue weighted by Crippen LogP contribution is -2.37. The number of carboxylic acids is 1. The molecule has 260 valence electrons. The number of H-pyrrole nitrogens is 1. The number of aromatic amines is 1. The van der Waals surface area contributed by atoms with E-state index in [2.05, 4.69) is 30.2 Å². The third kappa shape index (κ3) is 7.93. The highest BCUT2D eigenvalue weighted by atomic mass is 19.4. The Morgan fingerprint density at radius 3 is 2.55 bits per heavy atom. The van der Waals surface area contributed by atoms with Crippen LogP contribution in [0.2, 0.25) is 0 Å². The van der Waals surface area contributed by atoms with Crippen LogP contribution in [0.4, 0.5) is 24.8 Å². The molecule has 6 rings (SSSR count). The van der Waals surface area contributed by atoms with Crippen molar-refractivity contribution in [3.63, 3.8) is 0 Å². The van der Waals surface area contributed by atoms with Crippen LogP contribution >= 0.6 is 0 Å². The molecule has 0 unspecified atom stereocenters. The molecule has 2 aliphatic carbocycles. The Kier molecular flexibility index (Phi) is 9.72. The van der Waals surface area contributed by atoms with E-state index in [0.29, 0.717) is 49.4 Å². The molecule has 2 aliphatic rings. The summed E-state index contributed by atoms with van der Waals surface area (Å²) in [6.07, 6.45) is 4.04. The van der Waals surface area contributed by atoms with Crippen LogP contribution < -0.4 is 15.0 Å². The summed E-state index contributed by atoms with van der Waals surface area (Å²) in [5.41, 5.74) is 1.14. The minimum Gasteiger partial charge on any atom is -0.492 e. The molecular weight excluding hydrogens is 643 g/mol. The van der Waals surface area contributed by atoms with Gasteiger partial charge in [0, 0.05) is 50.2 Å². The van der Waals surface area contributed by atoms with Gasteiger partial charge in [-0.25, -0.2) is 9.97 Å². The molecule has 49 heavy (non-hydrogen) atoms. The maximum absolute atomic E-state index is 14.1. The molecule has 0 spiro atoms. The van der Waals surface area contributed by atoms with E-state index in [-0.39, 0.29) is 58.6 Å². The lowest BCUT2D eigenvalue weighted by atomic mass is 9.86. The quantitative estimate of drug-likeness (QED) is 0.127. The number of carboxylic acid groups (broad SMARTS) is 1. The zero-order chi connectivity index (χ0) is 34.8. The van der Waals surface area contributed by atoms with Crippen LogP contribution in [0.15, 0.2) is 36.7 Å². The molecule has 15 heteroatoms. The number of fused-ring (bicyclic) bond motifs is 1. The summed E-state index contributed by atoms with van der Waals surface area (Å²) in [5.74, 6) is -1.20. The van der Waals surface area contributed by atoms with E-state index in [1.165, 1.54) is 18.5 Å². The van der Waals surface area contributed by atoms with E-state index in [9.17, 15) is 22.8 Å². The Balaban J connectivity index is 1.31. The predicted octanol–water partition coefficient (Wildman–Crippen LogP) is 6.45. The van der Waals surface area contributed by atoms with Gasteiger partial charge in [-0.2, -0.15) is 18.2 Å². The second-order valence-corrected chi connectivity index (χ2v) is 12.9. The minimum atomic E-state index is -4.57. The smallest absolute Gasteiger partial charge is 0.418 e. The van der Waals surface area contributed by atoms with Gasteiger partial charge in [-0.15, -0.1) is 0 Å². The number of imidazole rings is 1. The number of hydrogen-bond donors (Lipinski definition) is 3. The van der Waals surface area contributed by atoms with Crippen molar-refractivity contribution in [1.29, 1.82) is 0 Å². The first kappa shape index (κ1) is 34.1. The largest absolute Gasteiger partial charge is 0.492 e. The average molecular weight is 682 g/mol. The molecule has 1 amide bonds. The Morgan fingerprint density at radius 2 is 1.90 bits per heavy atom. The van der Waals surface area contributed by atoms with Crippen LogP contribution in [0.25, 0.3) is 22.4 Å². The predicted molar refractivity (Wildman–Crippen MR) is 175 cm³/mol. The van der Waals surface area contributed by atoms with E-state index in [4.69, 9.17) is 14.6 Å². The number of halogens is 3. The molecule has 4 aromatic rings. The lowest BCUT2D eigenvalue weighted by molar-refractivity contribution is -0.139. The Labute approximate surface area is 280 Å². The molecule has 4 heterocycles. The fourth-order valence-corrected chi connectivity index (χ4v) is 6.56. The molecule has 2 fully saturated rings. The summed E-state index contributed by atoms with van der Waals surface area (Å²) >= 11 is 0. The first-order valence-electron chi connectivity index (χ1n) is 16.2. The van der Waals surface area contributed by atoms with Crippen LogP contribution in [0.3, 0.4) is 0 Å². The van der Waals surface area contributed by atoms with Gasteiger partial charge in [0.25, 0.3) is 5.91 Å². The van der Waals surface area contributed by atoms with Gasteiger partial charge in [-0.3, -0.25) is 19.9 Å². The fraction of sp³-hybridized carbons (Fsp3) is 0.471. The lowest BCUT2D eigenvalue weighted by Gasteiger charge is -2.34. The number of carbonyl (C=O) groups is 2. The summed E-state index contributed by atoms with van der Waals surface area (Å²) in [5, 5.41) is 11.5. The number of aromatic nitrogens is 5. The summed E-state index contributed by atoms with van der Waals surface area (Å²) in [6, 6.07) is 5.86. The fourth-order valence-electron chi connectivity index (χ4n) is 6.56. The van der Waals surface area contributed by atoms with Gasteiger partial charge in [0.1, 0.15) is 17.0 Å². The van der Waals surface area contributed by atoms with Crippen LogP contribution in [-0.2, 0) is 15.7 Å². The van der Waals surface area contributed by atoms with Gasteiger partial charge in [0.2, 0.25) is 5.95 Å². The van der Waals surface area contributed by atoms with Crippen molar-refractivity contribution >= 4 is 34.7 Å². The number of nitrogens with zero attached hydrogens (tertiary/aromatic N) is 5. The second-order valence-electron chi connectivity index (χ2n) is 12.9. The molecule has 2 saturated carbocycles. The number of methoxy groups -OCH3 is 1. The third-order valence-corrected chi connectivity index (χ3v) is 9.03. The topological polar surface area (TPSA) is 155 Å². The highest BCUT2D eigenvalue weighted by Gasteiger charge is 2.40. The Bertz CT molecular complexity index is 1820. The van der Waals surface area contributed by atoms with Gasteiger partial charge >= 0.3 is 12.1 Å². The van der Waals surface area contributed by atoms with E-state index >= 15 is 0 Å². The minimum absolute atomic E-state index is 0.0223. The molecule has 0 saturated heterocycles. The zero-order valence-corrected chi connectivity index (χ0v) is 27.3. The van der Waals surface area contributed by atoms with Crippen molar-refractivity contribution < 1.29 is 37.3 Å². The van der Waals surface area contributed by atoms with Crippen molar-refractivity contribution in [3.05, 3.63) is 53.6 Å². The SMILES string of the molecule is COCC1(CN(C)c2cc(-c3cnc(C4CC4)c(C(F)(F)F)c3)nc3nc(NC(=O)c4ccc(OCCCC(=O)O)cn4)[nH]c23)CCCC1. The number of amides is 1. The van der Waals surface area contributed by atoms with Gasteiger partial charge in [0.05, 0.1) is 42.0 Å². The molecule has 0 aliphatic heterocycles. The number of alkyl halides is 3. The maximum Gasteiger partial charge on any atom is 0.418 e. The number of aliphatic carboxylic acids is 1. The standard InChI is InChI=1S/C34H38F3N7O5/c1-44(18-33(19-48-2)11-3-4-12-33)26-15-25(21-14-23(34(35,36)37)28(39-16-21)20-7-8-20)40-30-29(26)41-32(42-30)43-31(47)24-10-9-22(17-38-24)49-13-5-6-27(45)46/h9-10,14-17,20H,3-8,11-13,18-19H2,1-2H3,(H,45,46)(H2,40,41,42,43,47). The number of hydrogen-bond acceptors (Lipinski definition) is 9. The van der Waals surface area contributed by atoms with Crippen molar-refractivity contribution in [2.45, 2.75) is 63.5 Å². The second kappa shape index (κ2) is 14.0. The van der Waals surface area contributed by atoms with E-state index < -0.39 is 23.6 Å². The third-order valence-electron chi connectivity index (χ3n) is 9.03. The van der Waals surface area contributed by atoms with E-state index in [1.54, 1.807) is 19.2 Å². The number of pyridine rings is 3. The van der Waals surface area contributed by atoms with Crippen LogP contribution in [0.1, 0.15) is 79.0 Å². The normalized spacial score (nSPS) is 15.8.